The van der Waals surface area contributed by atoms with Crippen LogP contribution in [-0.4, -0.2) is 248 Å². The van der Waals surface area contributed by atoms with Gasteiger partial charge in [0.15, 0.2) is 6.04 Å². The number of nitrogens with two attached hydrogens (primary N) is 1. The van der Waals surface area contributed by atoms with Crippen molar-refractivity contribution in [1.82, 2.24) is 78.6 Å². The van der Waals surface area contributed by atoms with Crippen molar-refractivity contribution in [3.8, 4) is 0 Å². The Kier molecular flexibility index (Phi) is 34.5. The number of benzene rings is 1. The molecule has 1 aromatic heterocycles. The highest BCUT2D eigenvalue weighted by molar-refractivity contribution is 6.00. The lowest BCUT2D eigenvalue weighted by Gasteiger charge is -2.29. The van der Waals surface area contributed by atoms with Crippen molar-refractivity contribution in [3.63, 3.8) is 0 Å². The van der Waals surface area contributed by atoms with Gasteiger partial charge < -0.3 is 105 Å². The van der Waals surface area contributed by atoms with Gasteiger partial charge in [0.25, 0.3) is 0 Å². The number of carboxylic acids is 3. The quantitative estimate of drug-likeness (QED) is 0.0298. The average molecular weight is 1470 g/mol. The minimum atomic E-state index is -1.66. The summed E-state index contributed by atoms with van der Waals surface area (Å²) < 4.78 is 0. The number of fused-ring (bicyclic) bond motifs is 1. The largest absolute Gasteiger partial charge is 0.481 e. The van der Waals surface area contributed by atoms with Crippen LogP contribution in [0.4, 0.5) is 0 Å². The van der Waals surface area contributed by atoms with Gasteiger partial charge in [0.2, 0.25) is 82.7 Å². The smallest absolute Gasteiger partial charge is 0.328 e. The van der Waals surface area contributed by atoms with Crippen molar-refractivity contribution < 1.29 is 102 Å². The Bertz CT molecular complexity index is 3430. The van der Waals surface area contributed by atoms with Crippen LogP contribution in [0.3, 0.4) is 0 Å². The first kappa shape index (κ1) is 86.1. The normalized spacial score (nSPS) is 16.8. The number of likely N-dealkylation sites (tertiary alicyclic amines) is 2. The summed E-state index contributed by atoms with van der Waals surface area (Å²) in [6, 6.07) is -6.50. The van der Waals surface area contributed by atoms with Gasteiger partial charge in [0.1, 0.15) is 54.4 Å². The molecule has 37 nitrogen and oxygen atoms in total. The Morgan fingerprint density at radius 2 is 0.933 bits per heavy atom. The highest BCUT2D eigenvalue weighted by Gasteiger charge is 2.41. The molecular formula is C67H102N16O21. The molecule has 0 bridgehead atoms. The molecule has 11 atom stereocenters. The molecule has 1 aromatic carbocycles. The highest BCUT2D eigenvalue weighted by Crippen LogP contribution is 2.23. The van der Waals surface area contributed by atoms with Crippen molar-refractivity contribution in [3.05, 3.63) is 36.0 Å². The lowest BCUT2D eigenvalue weighted by atomic mass is 9.98. The Balaban J connectivity index is 1.38. The van der Waals surface area contributed by atoms with Crippen LogP contribution in [0.5, 0.6) is 0 Å². The molecule has 2 fully saturated rings. The number of rotatable bonds is 42. The van der Waals surface area contributed by atoms with Crippen LogP contribution in [0.2, 0.25) is 0 Å². The molecule has 2 aliphatic heterocycles. The van der Waals surface area contributed by atoms with Gasteiger partial charge in [-0.1, -0.05) is 73.6 Å². The maximum Gasteiger partial charge on any atom is 0.328 e. The molecule has 11 unspecified atom stereocenters. The van der Waals surface area contributed by atoms with Gasteiger partial charge >= 0.3 is 17.9 Å². The molecule has 0 saturated carbocycles. The van der Waals surface area contributed by atoms with Crippen LogP contribution in [0, 0.1) is 23.7 Å². The minimum Gasteiger partial charge on any atom is -0.481 e. The monoisotopic (exact) mass is 1470 g/mol. The molecule has 14 amide bonds. The third-order valence-corrected chi connectivity index (χ3v) is 17.2. The number of amides is 14. The summed E-state index contributed by atoms with van der Waals surface area (Å²) in [5.74, 6) is -17.8. The summed E-state index contributed by atoms with van der Waals surface area (Å²) in [6.07, 6.45) is -0.896. The van der Waals surface area contributed by atoms with Crippen LogP contribution in [-0.2, 0) is 87.9 Å². The fourth-order valence-corrected chi connectivity index (χ4v) is 11.7. The van der Waals surface area contributed by atoms with Gasteiger partial charge in [-0.3, -0.25) is 76.7 Å². The molecule has 3 heterocycles. The van der Waals surface area contributed by atoms with E-state index in [1.165, 1.54) is 20.8 Å². The number of hydrogen-bond acceptors (Lipinski definition) is 19. The minimum absolute atomic E-state index is 0.0597. The summed E-state index contributed by atoms with van der Waals surface area (Å²) in [4.78, 5) is 230. The third-order valence-electron chi connectivity index (χ3n) is 17.2. The van der Waals surface area contributed by atoms with E-state index in [4.69, 9.17) is 5.73 Å². The van der Waals surface area contributed by atoms with Crippen molar-refractivity contribution in [2.45, 2.75) is 199 Å². The molecule has 2 aliphatic rings. The number of carbonyl (C=O) groups is 17. The number of nitrogens with one attached hydrogen (secondary N) is 13. The molecule has 0 spiro atoms. The molecule has 0 radical (unpaired) electrons. The number of nitrogens with zero attached hydrogens (tertiary/aromatic N) is 2. The summed E-state index contributed by atoms with van der Waals surface area (Å²) in [5.41, 5.74) is 6.82. The average Bonchev–Trinajstić information content (AvgIpc) is 1.54. The Hall–Kier alpha value is -10.3. The predicted molar refractivity (Wildman–Crippen MR) is 370 cm³/mol. The first-order chi connectivity index (χ1) is 48.9. The van der Waals surface area contributed by atoms with Gasteiger partial charge in [-0.05, 0) is 93.6 Å². The lowest BCUT2D eigenvalue weighted by Crippen LogP contribution is -2.61. The van der Waals surface area contributed by atoms with E-state index in [1.807, 2.05) is 27.7 Å². The summed E-state index contributed by atoms with van der Waals surface area (Å²) in [5, 5.41) is 68.5. The summed E-state index contributed by atoms with van der Waals surface area (Å²) >= 11 is 0. The fourth-order valence-electron chi connectivity index (χ4n) is 11.7. The molecule has 2 saturated heterocycles. The second kappa shape index (κ2) is 41.7. The van der Waals surface area contributed by atoms with Crippen LogP contribution in [0.15, 0.2) is 30.5 Å². The standard InChI is InChI=1S/C67H102N16O21/c1-33(2)24-43(75-48(85)27-68)60(96)77-44(25-34(3)4)61(97)78-45(26-38-28-69-40-15-11-10-14-39(38)40)62(98)80-56(36(7)8)66(102)76-42(19-21-54(92)93)59(95)79-55(35(5)6)65(101)71-29-49(86)70-30-50(87)74-41(18-20-53(90)91)58(94)72-31-51(88)82-22-12-16-46(82)63(99)73-32-52(89)83-23-13-17-47(83)64(100)81-57(37(9)84)67(103)104/h10-11,14-15,28,33-37,41-47,55-57,69,84H,12-13,16-27,29-32,68H2,1-9H3,(H,70,86)(H,71,101)(H,72,94)(H,73,99)(H,74,87)(H,75,85)(H,76,102)(H,77,96)(H,78,97)(H,79,95)(H,80,98)(H,81,100)(H,90,91)(H,92,93)(H,103,104). The second-order valence-corrected chi connectivity index (χ2v) is 27.3. The van der Waals surface area contributed by atoms with E-state index in [-0.39, 0.29) is 57.0 Å². The van der Waals surface area contributed by atoms with E-state index in [9.17, 15) is 102 Å². The van der Waals surface area contributed by atoms with Crippen molar-refractivity contribution >= 4 is 112 Å². The predicted octanol–water partition coefficient (Wildman–Crippen LogP) is -4.41. The lowest BCUT2D eigenvalue weighted by molar-refractivity contribution is -0.146. The van der Waals surface area contributed by atoms with Gasteiger partial charge in [0.05, 0.1) is 38.8 Å². The zero-order valence-corrected chi connectivity index (χ0v) is 60.0. The first-order valence-electron chi connectivity index (χ1n) is 34.6. The molecule has 576 valence electrons. The topological polar surface area (TPSA) is 564 Å². The van der Waals surface area contributed by atoms with Crippen LogP contribution in [0.1, 0.15) is 132 Å². The molecule has 4 rings (SSSR count). The van der Waals surface area contributed by atoms with Crippen molar-refractivity contribution in [2.75, 3.05) is 45.8 Å². The summed E-state index contributed by atoms with van der Waals surface area (Å²) in [7, 11) is 0. The number of carboxylic acid groups (broad SMARTS) is 3. The van der Waals surface area contributed by atoms with Crippen LogP contribution < -0.4 is 69.5 Å². The van der Waals surface area contributed by atoms with Crippen molar-refractivity contribution in [1.29, 1.82) is 0 Å². The number of carbonyl (C=O) groups excluding carboxylic acids is 14. The van der Waals surface area contributed by atoms with Crippen molar-refractivity contribution in [2.24, 2.45) is 29.4 Å². The highest BCUT2D eigenvalue weighted by atomic mass is 16.4. The Morgan fingerprint density at radius 3 is 1.45 bits per heavy atom. The zero-order valence-electron chi connectivity index (χ0n) is 60.0. The number of aromatic nitrogens is 1. The van der Waals surface area contributed by atoms with Crippen LogP contribution >= 0.6 is 0 Å². The van der Waals surface area contributed by atoms with Crippen LogP contribution in [0.25, 0.3) is 10.9 Å². The Labute approximate surface area is 600 Å². The van der Waals surface area contributed by atoms with E-state index >= 15 is 0 Å². The molecular weight excluding hydrogens is 1360 g/mol. The molecule has 104 heavy (non-hydrogen) atoms. The summed E-state index contributed by atoms with van der Waals surface area (Å²) in [6.45, 7) is 11.5. The fraction of sp³-hybridized carbons (Fsp3) is 0.627. The maximum atomic E-state index is 14.6. The van der Waals surface area contributed by atoms with Gasteiger partial charge in [-0.2, -0.15) is 0 Å². The number of aliphatic carboxylic acids is 3. The van der Waals surface area contributed by atoms with E-state index < -0.39 is 237 Å². The maximum absolute atomic E-state index is 14.6. The second-order valence-electron chi connectivity index (χ2n) is 27.3. The van der Waals surface area contributed by atoms with Gasteiger partial charge in [-0.25, -0.2) is 4.79 Å². The number of hydrogen-bond donors (Lipinski definition) is 18. The number of para-hydroxylation sites is 1. The SMILES string of the molecule is CC(C)CC(NC(=O)CN)C(=O)NC(CC(C)C)C(=O)NC(Cc1c[nH]c2ccccc12)C(=O)NC(C(=O)NC(CCC(=O)O)C(=O)NC(C(=O)NCC(=O)NCC(=O)NC(CCC(=O)O)C(=O)NCC(=O)N1CCCC1C(=O)NCC(=O)N1CCCC1C(=O)NC(C(=O)O)C(C)O)C(C)C)C(C)C. The first-order valence-corrected chi connectivity index (χ1v) is 34.6. The number of aliphatic hydroxyl groups excluding tert-OH is 1. The van der Waals surface area contributed by atoms with Gasteiger partial charge in [-0.15, -0.1) is 0 Å². The number of H-pyrrole nitrogens is 1. The van der Waals surface area contributed by atoms with Gasteiger partial charge in [0, 0.05) is 49.5 Å². The van der Waals surface area contributed by atoms with E-state index in [2.05, 4.69) is 68.8 Å². The zero-order chi connectivity index (χ0) is 77.8. The molecule has 2 aromatic rings. The number of aromatic amines is 1. The number of aliphatic hydroxyl groups is 1. The molecule has 37 heteroatoms. The van der Waals surface area contributed by atoms with E-state index in [0.717, 1.165) is 9.80 Å². The third kappa shape index (κ3) is 27.5. The Morgan fingerprint density at radius 1 is 0.481 bits per heavy atom. The van der Waals surface area contributed by atoms with E-state index in [0.29, 0.717) is 29.3 Å². The van der Waals surface area contributed by atoms with E-state index in [1.54, 1.807) is 44.3 Å². The molecule has 19 N–H and O–H groups in total. The molecule has 0 aliphatic carbocycles.